The number of imidazole rings is 1. The van der Waals surface area contributed by atoms with Gasteiger partial charge in [0.05, 0.1) is 6.33 Å². The van der Waals surface area contributed by atoms with Gasteiger partial charge >= 0.3 is 12.0 Å². The number of carboxylic acid groups (broad SMARTS) is 1. The van der Waals surface area contributed by atoms with Crippen molar-refractivity contribution >= 4 is 17.8 Å². The average molecular weight is 198 g/mol. The van der Waals surface area contributed by atoms with Crippen LogP contribution in [0.3, 0.4) is 0 Å². The Labute approximate surface area is 79.7 Å². The van der Waals surface area contributed by atoms with E-state index in [0.29, 0.717) is 0 Å². The van der Waals surface area contributed by atoms with Gasteiger partial charge in [-0.25, -0.2) is 14.6 Å². The van der Waals surface area contributed by atoms with Gasteiger partial charge in [-0.15, -0.1) is 0 Å². The maximum atomic E-state index is 11.2. The molecule has 0 aliphatic carbocycles. The van der Waals surface area contributed by atoms with E-state index in [9.17, 15) is 9.59 Å². The highest BCUT2D eigenvalue weighted by Crippen LogP contribution is 2.13. The number of aromatic carboxylic acids is 1. The first-order valence-electron chi connectivity index (χ1n) is 3.80. The fourth-order valence-electron chi connectivity index (χ4n) is 0.963. The van der Waals surface area contributed by atoms with Gasteiger partial charge in [0, 0.05) is 14.1 Å². The number of hydrogen-bond donors (Lipinski definition) is 3. The van der Waals surface area contributed by atoms with E-state index in [4.69, 9.17) is 5.11 Å². The molecule has 14 heavy (non-hydrogen) atoms. The van der Waals surface area contributed by atoms with Gasteiger partial charge in [0.25, 0.3) is 0 Å². The number of aromatic amines is 1. The molecule has 0 fully saturated rings. The molecule has 1 rings (SSSR count). The monoisotopic (exact) mass is 198 g/mol. The third-order valence-electron chi connectivity index (χ3n) is 1.67. The van der Waals surface area contributed by atoms with Crippen LogP contribution in [0.15, 0.2) is 6.33 Å². The minimum atomic E-state index is -1.16. The second-order valence-electron chi connectivity index (χ2n) is 2.52. The highest BCUT2D eigenvalue weighted by Gasteiger charge is 2.19. The number of carbonyl (C=O) groups is 2. The zero-order chi connectivity index (χ0) is 10.7. The molecule has 0 radical (unpaired) electrons. The molecule has 76 valence electrons. The van der Waals surface area contributed by atoms with Crippen molar-refractivity contribution in [1.82, 2.24) is 15.3 Å². The predicted octanol–water partition coefficient (Wildman–Crippen LogP) is -0.117. The van der Waals surface area contributed by atoms with Crippen LogP contribution in [-0.4, -0.2) is 41.2 Å². The molecule has 1 heterocycles. The molecule has 0 atom stereocenters. The Balaban J connectivity index is 3.00. The Morgan fingerprint density at radius 1 is 1.64 bits per heavy atom. The first-order valence-corrected chi connectivity index (χ1v) is 3.80. The van der Waals surface area contributed by atoms with Crippen LogP contribution < -0.4 is 10.2 Å². The number of carbonyl (C=O) groups excluding carboxylic acids is 1. The number of aromatic nitrogens is 2. The molecule has 0 spiro atoms. The number of anilines is 1. The van der Waals surface area contributed by atoms with Gasteiger partial charge in [-0.1, -0.05) is 0 Å². The van der Waals surface area contributed by atoms with Crippen LogP contribution in [0.4, 0.5) is 10.6 Å². The highest BCUT2D eigenvalue weighted by molar-refractivity contribution is 5.98. The van der Waals surface area contributed by atoms with E-state index in [0.717, 1.165) is 4.90 Å². The van der Waals surface area contributed by atoms with E-state index < -0.39 is 12.0 Å². The molecule has 7 heteroatoms. The molecular formula is C7H10N4O3. The summed E-state index contributed by atoms with van der Waals surface area (Å²) in [6, 6.07) is -0.431. The molecule has 0 saturated heterocycles. The Hall–Kier alpha value is -2.05. The fraction of sp³-hybridized carbons (Fsp3) is 0.286. The minimum Gasteiger partial charge on any atom is -0.476 e. The highest BCUT2D eigenvalue weighted by atomic mass is 16.4. The van der Waals surface area contributed by atoms with E-state index in [-0.39, 0.29) is 11.5 Å². The second-order valence-corrected chi connectivity index (χ2v) is 2.52. The summed E-state index contributed by atoms with van der Waals surface area (Å²) in [5.74, 6) is -1.08. The summed E-state index contributed by atoms with van der Waals surface area (Å²) in [5.41, 5.74) is -0.115. The largest absolute Gasteiger partial charge is 0.476 e. The van der Waals surface area contributed by atoms with Gasteiger partial charge < -0.3 is 15.4 Å². The van der Waals surface area contributed by atoms with Gasteiger partial charge in [-0.05, 0) is 0 Å². The maximum Gasteiger partial charge on any atom is 0.356 e. The predicted molar refractivity (Wildman–Crippen MR) is 48.4 cm³/mol. The molecular weight excluding hydrogens is 188 g/mol. The van der Waals surface area contributed by atoms with Crippen LogP contribution in [-0.2, 0) is 0 Å². The van der Waals surface area contributed by atoms with Crippen molar-refractivity contribution in [3.05, 3.63) is 12.0 Å². The molecule has 1 aromatic rings. The third-order valence-corrected chi connectivity index (χ3v) is 1.67. The first-order chi connectivity index (χ1) is 6.57. The number of amides is 2. The Morgan fingerprint density at radius 3 is 2.79 bits per heavy atom. The van der Waals surface area contributed by atoms with Crippen molar-refractivity contribution in [2.45, 2.75) is 0 Å². The van der Waals surface area contributed by atoms with Gasteiger partial charge in [0.2, 0.25) is 0 Å². The number of hydrogen-bond acceptors (Lipinski definition) is 3. The smallest absolute Gasteiger partial charge is 0.356 e. The lowest BCUT2D eigenvalue weighted by Gasteiger charge is -2.13. The summed E-state index contributed by atoms with van der Waals surface area (Å²) in [6.45, 7) is 0. The number of carboxylic acids is 1. The molecule has 2 amide bonds. The minimum absolute atomic E-state index is 0.0804. The molecule has 0 aliphatic heterocycles. The molecule has 0 saturated carbocycles. The lowest BCUT2D eigenvalue weighted by Crippen LogP contribution is -2.35. The van der Waals surface area contributed by atoms with E-state index in [1.807, 2.05) is 0 Å². The summed E-state index contributed by atoms with van der Waals surface area (Å²) < 4.78 is 0. The van der Waals surface area contributed by atoms with Crippen molar-refractivity contribution in [1.29, 1.82) is 0 Å². The summed E-state index contributed by atoms with van der Waals surface area (Å²) >= 11 is 0. The zero-order valence-electron chi connectivity index (χ0n) is 7.74. The lowest BCUT2D eigenvalue weighted by atomic mass is 10.4. The number of urea groups is 1. The number of nitrogens with zero attached hydrogens (tertiary/aromatic N) is 2. The van der Waals surface area contributed by atoms with Crippen LogP contribution >= 0.6 is 0 Å². The standard InChI is InChI=1S/C7H10N4O3/c1-8-7(14)11(2)5-4(6(12)13)9-3-10-5/h3H,1-2H3,(H,8,14)(H,9,10)(H,12,13). The summed E-state index contributed by atoms with van der Waals surface area (Å²) in [7, 11) is 2.88. The number of H-pyrrole nitrogens is 1. The van der Waals surface area contributed by atoms with Crippen molar-refractivity contribution in [2.24, 2.45) is 0 Å². The molecule has 7 nitrogen and oxygen atoms in total. The van der Waals surface area contributed by atoms with E-state index in [2.05, 4.69) is 15.3 Å². The Kier molecular flexibility index (Phi) is 2.70. The zero-order valence-corrected chi connectivity index (χ0v) is 7.74. The summed E-state index contributed by atoms with van der Waals surface area (Å²) in [6.07, 6.45) is 1.22. The average Bonchev–Trinajstić information content (AvgIpc) is 2.63. The van der Waals surface area contributed by atoms with Crippen molar-refractivity contribution in [3.8, 4) is 0 Å². The second kappa shape index (κ2) is 3.77. The number of nitrogens with one attached hydrogen (secondary N) is 2. The van der Waals surface area contributed by atoms with Crippen molar-refractivity contribution < 1.29 is 14.7 Å². The van der Waals surface area contributed by atoms with Crippen molar-refractivity contribution in [3.63, 3.8) is 0 Å². The Morgan fingerprint density at radius 2 is 2.29 bits per heavy atom. The van der Waals surface area contributed by atoms with Gasteiger partial charge in [0.15, 0.2) is 11.5 Å². The molecule has 0 unspecified atom stereocenters. The lowest BCUT2D eigenvalue weighted by molar-refractivity contribution is 0.0692. The van der Waals surface area contributed by atoms with Crippen molar-refractivity contribution in [2.75, 3.05) is 19.0 Å². The molecule has 0 bridgehead atoms. The molecule has 3 N–H and O–H groups in total. The van der Waals surface area contributed by atoms with Crippen LogP contribution in [0, 0.1) is 0 Å². The van der Waals surface area contributed by atoms with Crippen LogP contribution in [0.2, 0.25) is 0 Å². The summed E-state index contributed by atoms with van der Waals surface area (Å²) in [5, 5.41) is 11.1. The van der Waals surface area contributed by atoms with Crippen LogP contribution in [0.25, 0.3) is 0 Å². The van der Waals surface area contributed by atoms with E-state index in [1.54, 1.807) is 0 Å². The van der Waals surface area contributed by atoms with Crippen LogP contribution in [0.1, 0.15) is 10.5 Å². The van der Waals surface area contributed by atoms with Gasteiger partial charge in [-0.3, -0.25) is 4.90 Å². The van der Waals surface area contributed by atoms with Crippen LogP contribution in [0.5, 0.6) is 0 Å². The fourth-order valence-corrected chi connectivity index (χ4v) is 0.963. The van der Waals surface area contributed by atoms with Gasteiger partial charge in [0.1, 0.15) is 0 Å². The van der Waals surface area contributed by atoms with Gasteiger partial charge in [-0.2, -0.15) is 0 Å². The van der Waals surface area contributed by atoms with E-state index in [1.165, 1.54) is 20.4 Å². The maximum absolute atomic E-state index is 11.2. The molecule has 0 aromatic carbocycles. The SMILES string of the molecule is CNC(=O)N(C)c1nc[nH]c1C(=O)O. The third kappa shape index (κ3) is 1.65. The molecule has 1 aromatic heterocycles. The topological polar surface area (TPSA) is 98.3 Å². The number of rotatable bonds is 2. The first kappa shape index (κ1) is 10.0. The normalized spacial score (nSPS) is 9.57. The quantitative estimate of drug-likeness (QED) is 0.617. The Bertz CT molecular complexity index is 360. The molecule has 0 aliphatic rings. The summed E-state index contributed by atoms with van der Waals surface area (Å²) in [4.78, 5) is 29.1. The van der Waals surface area contributed by atoms with E-state index >= 15 is 0 Å².